The second kappa shape index (κ2) is 5.71. The zero-order valence-corrected chi connectivity index (χ0v) is 11.9. The van der Waals surface area contributed by atoms with Gasteiger partial charge in [0.1, 0.15) is 5.69 Å². The molecule has 0 aromatic carbocycles. The summed E-state index contributed by atoms with van der Waals surface area (Å²) in [6, 6.07) is 0. The number of rotatable bonds is 5. The van der Waals surface area contributed by atoms with Crippen LogP contribution in [0.3, 0.4) is 0 Å². The Bertz CT molecular complexity index is 681. The molecule has 2 aromatic rings. The number of hydrazine groups is 1. The highest BCUT2D eigenvalue weighted by molar-refractivity contribution is 5.60. The lowest BCUT2D eigenvalue weighted by atomic mass is 10.2. The first-order chi connectivity index (χ1) is 9.92. The SMILES string of the molecule is Cc1nn(C)cc1CNc1nc(NN)nc(C)c1[N+](=O)[O-]. The Balaban J connectivity index is 2.31. The second-order valence-electron chi connectivity index (χ2n) is 4.50. The third-order valence-corrected chi connectivity index (χ3v) is 2.93. The maximum atomic E-state index is 11.1. The van der Waals surface area contributed by atoms with Crippen molar-refractivity contribution in [2.24, 2.45) is 12.9 Å². The average Bonchev–Trinajstić information content (AvgIpc) is 2.73. The molecule has 4 N–H and O–H groups in total. The highest BCUT2D eigenvalue weighted by atomic mass is 16.6. The van der Waals surface area contributed by atoms with E-state index in [9.17, 15) is 10.1 Å². The van der Waals surface area contributed by atoms with Crippen molar-refractivity contribution < 1.29 is 4.92 Å². The molecule has 0 bridgehead atoms. The van der Waals surface area contributed by atoms with Crippen LogP contribution >= 0.6 is 0 Å². The van der Waals surface area contributed by atoms with Gasteiger partial charge in [0.2, 0.25) is 11.8 Å². The lowest BCUT2D eigenvalue weighted by molar-refractivity contribution is -0.385. The molecule has 0 atom stereocenters. The minimum Gasteiger partial charge on any atom is -0.360 e. The summed E-state index contributed by atoms with van der Waals surface area (Å²) in [6.45, 7) is 3.76. The van der Waals surface area contributed by atoms with Crippen LogP contribution in [0.1, 0.15) is 17.0 Å². The van der Waals surface area contributed by atoms with Crippen molar-refractivity contribution in [3.63, 3.8) is 0 Å². The molecule has 2 heterocycles. The highest BCUT2D eigenvalue weighted by Crippen LogP contribution is 2.26. The van der Waals surface area contributed by atoms with Crippen molar-refractivity contribution in [1.82, 2.24) is 19.7 Å². The fourth-order valence-electron chi connectivity index (χ4n) is 1.97. The van der Waals surface area contributed by atoms with Crippen LogP contribution < -0.4 is 16.6 Å². The van der Waals surface area contributed by atoms with E-state index in [4.69, 9.17) is 5.84 Å². The Kier molecular flexibility index (Phi) is 3.98. The Morgan fingerprint density at radius 2 is 2.10 bits per heavy atom. The fraction of sp³-hybridized carbons (Fsp3) is 0.364. The Hall–Kier alpha value is -2.75. The van der Waals surface area contributed by atoms with Crippen LogP contribution in [0.5, 0.6) is 0 Å². The normalized spacial score (nSPS) is 10.5. The molecule has 0 unspecified atom stereocenters. The predicted octanol–water partition coefficient (Wildman–Crippen LogP) is 0.633. The average molecular weight is 292 g/mol. The van der Waals surface area contributed by atoms with E-state index in [2.05, 4.69) is 25.8 Å². The van der Waals surface area contributed by atoms with Crippen molar-refractivity contribution >= 4 is 17.5 Å². The summed E-state index contributed by atoms with van der Waals surface area (Å²) in [5.74, 6) is 5.49. The number of nitrogen functional groups attached to an aromatic ring is 1. The summed E-state index contributed by atoms with van der Waals surface area (Å²) in [4.78, 5) is 18.5. The summed E-state index contributed by atoms with van der Waals surface area (Å²) in [7, 11) is 1.81. The van der Waals surface area contributed by atoms with Gasteiger partial charge in [0.25, 0.3) is 0 Å². The van der Waals surface area contributed by atoms with E-state index in [1.54, 1.807) is 4.68 Å². The number of aryl methyl sites for hydroxylation is 3. The van der Waals surface area contributed by atoms with Crippen molar-refractivity contribution in [1.29, 1.82) is 0 Å². The van der Waals surface area contributed by atoms with E-state index < -0.39 is 4.92 Å². The van der Waals surface area contributed by atoms with Crippen molar-refractivity contribution in [2.75, 3.05) is 10.7 Å². The molecule has 0 saturated heterocycles. The van der Waals surface area contributed by atoms with Crippen molar-refractivity contribution in [2.45, 2.75) is 20.4 Å². The molecular formula is C11H16N8O2. The number of hydrogen-bond acceptors (Lipinski definition) is 8. The number of aromatic nitrogens is 4. The minimum atomic E-state index is -0.520. The van der Waals surface area contributed by atoms with Crippen LogP contribution in [0.4, 0.5) is 17.5 Å². The molecule has 0 spiro atoms. The molecule has 2 aromatic heterocycles. The van der Waals surface area contributed by atoms with Gasteiger partial charge in [-0.05, 0) is 13.8 Å². The van der Waals surface area contributed by atoms with Gasteiger partial charge in [-0.1, -0.05) is 0 Å². The zero-order chi connectivity index (χ0) is 15.6. The molecule has 0 aliphatic heterocycles. The van der Waals surface area contributed by atoms with E-state index >= 15 is 0 Å². The van der Waals surface area contributed by atoms with Gasteiger partial charge in [0.15, 0.2) is 0 Å². The molecule has 21 heavy (non-hydrogen) atoms. The number of hydrogen-bond donors (Lipinski definition) is 3. The summed E-state index contributed by atoms with van der Waals surface area (Å²) >= 11 is 0. The van der Waals surface area contributed by atoms with Crippen LogP contribution in [0, 0.1) is 24.0 Å². The topological polar surface area (TPSA) is 137 Å². The predicted molar refractivity (Wildman–Crippen MR) is 76.5 cm³/mol. The minimum absolute atomic E-state index is 0.114. The van der Waals surface area contributed by atoms with Crippen LogP contribution in [-0.2, 0) is 13.6 Å². The molecule has 0 amide bonds. The number of anilines is 2. The van der Waals surface area contributed by atoms with Crippen molar-refractivity contribution in [3.05, 3.63) is 33.3 Å². The molecule has 0 saturated carbocycles. The molecule has 0 aliphatic carbocycles. The Morgan fingerprint density at radius 3 is 2.62 bits per heavy atom. The Morgan fingerprint density at radius 1 is 1.38 bits per heavy atom. The van der Waals surface area contributed by atoms with Crippen LogP contribution in [0.15, 0.2) is 6.20 Å². The third-order valence-electron chi connectivity index (χ3n) is 2.93. The van der Waals surface area contributed by atoms with Gasteiger partial charge in [0.05, 0.1) is 10.6 Å². The van der Waals surface area contributed by atoms with E-state index in [-0.39, 0.29) is 23.1 Å². The molecule has 0 radical (unpaired) electrons. The largest absolute Gasteiger partial charge is 0.360 e. The number of nitrogens with two attached hydrogens (primary N) is 1. The molecular weight excluding hydrogens is 276 g/mol. The summed E-state index contributed by atoms with van der Waals surface area (Å²) in [5.41, 5.74) is 4.11. The van der Waals surface area contributed by atoms with E-state index in [0.29, 0.717) is 6.54 Å². The van der Waals surface area contributed by atoms with Crippen LogP contribution in [0.2, 0.25) is 0 Å². The maximum absolute atomic E-state index is 11.1. The quantitative estimate of drug-likeness (QED) is 0.414. The first-order valence-electron chi connectivity index (χ1n) is 6.15. The van der Waals surface area contributed by atoms with Crippen LogP contribution in [-0.4, -0.2) is 24.7 Å². The lowest BCUT2D eigenvalue weighted by Crippen LogP contribution is -2.14. The van der Waals surface area contributed by atoms with Gasteiger partial charge < -0.3 is 5.32 Å². The lowest BCUT2D eigenvalue weighted by Gasteiger charge is -2.08. The van der Waals surface area contributed by atoms with Gasteiger partial charge in [-0.25, -0.2) is 10.8 Å². The van der Waals surface area contributed by atoms with Gasteiger partial charge in [-0.2, -0.15) is 10.1 Å². The van der Waals surface area contributed by atoms with Gasteiger partial charge in [0, 0.05) is 25.4 Å². The molecule has 0 aliphatic rings. The fourth-order valence-corrected chi connectivity index (χ4v) is 1.97. The van der Waals surface area contributed by atoms with Gasteiger partial charge >= 0.3 is 5.69 Å². The molecule has 112 valence electrons. The van der Waals surface area contributed by atoms with E-state index in [1.165, 1.54) is 6.92 Å². The second-order valence-corrected chi connectivity index (χ2v) is 4.50. The van der Waals surface area contributed by atoms with Gasteiger partial charge in [-0.15, -0.1) is 0 Å². The number of nitrogens with zero attached hydrogens (tertiary/aromatic N) is 5. The van der Waals surface area contributed by atoms with Gasteiger partial charge in [-0.3, -0.25) is 20.2 Å². The molecule has 0 fully saturated rings. The first-order valence-corrected chi connectivity index (χ1v) is 6.15. The summed E-state index contributed by atoms with van der Waals surface area (Å²) in [6.07, 6.45) is 1.84. The molecule has 10 nitrogen and oxygen atoms in total. The molecule has 10 heteroatoms. The summed E-state index contributed by atoms with van der Waals surface area (Å²) < 4.78 is 1.68. The smallest absolute Gasteiger partial charge is 0.332 e. The summed E-state index contributed by atoms with van der Waals surface area (Å²) in [5, 5.41) is 18.3. The number of nitro groups is 1. The third kappa shape index (κ3) is 3.05. The number of nitrogens with one attached hydrogen (secondary N) is 2. The van der Waals surface area contributed by atoms with E-state index in [0.717, 1.165) is 11.3 Å². The first kappa shape index (κ1) is 14.7. The Labute approximate surface area is 120 Å². The highest BCUT2D eigenvalue weighted by Gasteiger charge is 2.22. The van der Waals surface area contributed by atoms with E-state index in [1.807, 2.05) is 20.2 Å². The zero-order valence-electron chi connectivity index (χ0n) is 11.9. The van der Waals surface area contributed by atoms with Crippen molar-refractivity contribution in [3.8, 4) is 0 Å². The monoisotopic (exact) mass is 292 g/mol. The standard InChI is InChI=1S/C11H16N8O2/c1-6-8(5-18(3)17-6)4-13-10-9(19(20)21)7(2)14-11(15-10)16-12/h5H,4,12H2,1-3H3,(H2,13,14,15,16). The maximum Gasteiger partial charge on any atom is 0.332 e. The van der Waals surface area contributed by atoms with Crippen LogP contribution in [0.25, 0.3) is 0 Å². The molecule has 2 rings (SSSR count).